The van der Waals surface area contributed by atoms with Crippen molar-refractivity contribution in [1.29, 1.82) is 0 Å². The van der Waals surface area contributed by atoms with Gasteiger partial charge in [0.05, 0.1) is 14.2 Å². The summed E-state index contributed by atoms with van der Waals surface area (Å²) in [6, 6.07) is 5.10. The fourth-order valence-corrected chi connectivity index (χ4v) is 2.37. The van der Waals surface area contributed by atoms with Crippen LogP contribution in [-0.2, 0) is 16.0 Å². The molecule has 0 aromatic heterocycles. The van der Waals surface area contributed by atoms with Gasteiger partial charge in [0.15, 0.2) is 11.5 Å². The molecule has 128 valence electrons. The Kier molecular flexibility index (Phi) is 6.88. The van der Waals surface area contributed by atoms with E-state index >= 15 is 0 Å². The summed E-state index contributed by atoms with van der Waals surface area (Å²) in [5.41, 5.74) is 0.976. The van der Waals surface area contributed by atoms with Gasteiger partial charge in [0, 0.05) is 20.0 Å². The average Bonchev–Trinajstić information content (AvgIpc) is 2.58. The predicted molar refractivity (Wildman–Crippen MR) is 88.7 cm³/mol. The van der Waals surface area contributed by atoms with Crippen LogP contribution in [0.25, 0.3) is 0 Å². The second-order valence-electron chi connectivity index (χ2n) is 5.53. The second-order valence-corrected chi connectivity index (χ2v) is 5.53. The highest BCUT2D eigenvalue weighted by Crippen LogP contribution is 2.28. The molecule has 0 radical (unpaired) electrons. The van der Waals surface area contributed by atoms with Gasteiger partial charge in [-0.15, -0.1) is 0 Å². The van der Waals surface area contributed by atoms with Gasteiger partial charge in [-0.25, -0.2) is 0 Å². The summed E-state index contributed by atoms with van der Waals surface area (Å²) in [5, 5.41) is 2.55. The lowest BCUT2D eigenvalue weighted by Crippen LogP contribution is -2.46. The molecule has 0 aliphatic carbocycles. The maximum Gasteiger partial charge on any atom is 0.242 e. The standard InChI is InChI=1S/C17H26N2O4/c1-11(17(21)19(4)12(2)16(20)18-3)9-13-7-8-14(22-5)15(10-13)23-6/h7-8,10-12H,9H2,1-6H3,(H,18,20)/t11?,12-/m0/s1. The molecule has 1 aromatic rings. The molecule has 0 heterocycles. The van der Waals surface area contributed by atoms with Gasteiger partial charge in [-0.1, -0.05) is 13.0 Å². The van der Waals surface area contributed by atoms with E-state index in [-0.39, 0.29) is 17.7 Å². The third-order valence-electron chi connectivity index (χ3n) is 3.97. The monoisotopic (exact) mass is 322 g/mol. The topological polar surface area (TPSA) is 67.9 Å². The van der Waals surface area contributed by atoms with Gasteiger partial charge in [0.2, 0.25) is 11.8 Å². The van der Waals surface area contributed by atoms with Gasteiger partial charge in [0.1, 0.15) is 6.04 Å². The molecule has 1 unspecified atom stereocenters. The molecule has 6 heteroatoms. The van der Waals surface area contributed by atoms with E-state index < -0.39 is 6.04 Å². The first-order valence-electron chi connectivity index (χ1n) is 7.54. The van der Waals surface area contributed by atoms with Crippen LogP contribution in [0.3, 0.4) is 0 Å². The predicted octanol–water partition coefficient (Wildman–Crippen LogP) is 1.48. The summed E-state index contributed by atoms with van der Waals surface area (Å²) in [6.07, 6.45) is 0.560. The molecular formula is C17H26N2O4. The summed E-state index contributed by atoms with van der Waals surface area (Å²) < 4.78 is 10.5. The fraction of sp³-hybridized carbons (Fsp3) is 0.529. The lowest BCUT2D eigenvalue weighted by molar-refractivity contribution is -0.140. The SMILES string of the molecule is CNC(=O)[C@H](C)N(C)C(=O)C(C)Cc1ccc(OC)c(OC)c1. The zero-order valence-corrected chi connectivity index (χ0v) is 14.7. The Bertz CT molecular complexity index is 560. The van der Waals surface area contributed by atoms with Gasteiger partial charge < -0.3 is 19.7 Å². The number of methoxy groups -OCH3 is 2. The molecule has 23 heavy (non-hydrogen) atoms. The van der Waals surface area contributed by atoms with E-state index in [2.05, 4.69) is 5.32 Å². The maximum atomic E-state index is 12.5. The van der Waals surface area contributed by atoms with Crippen molar-refractivity contribution in [3.05, 3.63) is 23.8 Å². The van der Waals surface area contributed by atoms with Crippen LogP contribution in [0.5, 0.6) is 11.5 Å². The van der Waals surface area contributed by atoms with Crippen molar-refractivity contribution in [2.24, 2.45) is 5.92 Å². The van der Waals surface area contributed by atoms with Crippen molar-refractivity contribution < 1.29 is 19.1 Å². The van der Waals surface area contributed by atoms with Crippen LogP contribution in [0, 0.1) is 5.92 Å². The van der Waals surface area contributed by atoms with Crippen molar-refractivity contribution in [3.8, 4) is 11.5 Å². The minimum Gasteiger partial charge on any atom is -0.493 e. The van der Waals surface area contributed by atoms with Crippen molar-refractivity contribution in [2.75, 3.05) is 28.3 Å². The molecule has 0 fully saturated rings. The van der Waals surface area contributed by atoms with E-state index in [4.69, 9.17) is 9.47 Å². The normalized spacial score (nSPS) is 13.0. The first kappa shape index (κ1) is 18.8. The molecule has 2 atom stereocenters. The molecule has 0 saturated heterocycles. The quantitative estimate of drug-likeness (QED) is 0.825. The summed E-state index contributed by atoms with van der Waals surface area (Å²) in [4.78, 5) is 25.6. The van der Waals surface area contributed by atoms with Crippen LogP contribution in [0.15, 0.2) is 18.2 Å². The van der Waals surface area contributed by atoms with Gasteiger partial charge in [-0.2, -0.15) is 0 Å². The molecule has 0 saturated carbocycles. The summed E-state index contributed by atoms with van der Waals surface area (Å²) in [7, 11) is 6.37. The highest BCUT2D eigenvalue weighted by Gasteiger charge is 2.25. The minimum absolute atomic E-state index is 0.0733. The first-order valence-corrected chi connectivity index (χ1v) is 7.54. The van der Waals surface area contributed by atoms with E-state index in [1.165, 1.54) is 4.90 Å². The molecule has 0 aliphatic rings. The van der Waals surface area contributed by atoms with Gasteiger partial charge >= 0.3 is 0 Å². The highest BCUT2D eigenvalue weighted by atomic mass is 16.5. The molecule has 1 rings (SSSR count). The zero-order chi connectivity index (χ0) is 17.6. The van der Waals surface area contributed by atoms with Crippen LogP contribution in [-0.4, -0.2) is 51.1 Å². The third-order valence-corrected chi connectivity index (χ3v) is 3.97. The smallest absolute Gasteiger partial charge is 0.242 e. The van der Waals surface area contributed by atoms with Crippen LogP contribution in [0.2, 0.25) is 0 Å². The number of carbonyl (C=O) groups is 2. The summed E-state index contributed by atoms with van der Waals surface area (Å²) in [6.45, 7) is 3.56. The molecule has 1 N–H and O–H groups in total. The van der Waals surface area contributed by atoms with Gasteiger partial charge in [-0.3, -0.25) is 9.59 Å². The van der Waals surface area contributed by atoms with E-state index in [1.54, 1.807) is 35.2 Å². The number of ether oxygens (including phenoxy) is 2. The van der Waals surface area contributed by atoms with E-state index in [0.717, 1.165) is 5.56 Å². The number of benzene rings is 1. The largest absolute Gasteiger partial charge is 0.493 e. The van der Waals surface area contributed by atoms with Crippen molar-refractivity contribution in [3.63, 3.8) is 0 Å². The van der Waals surface area contributed by atoms with E-state index in [1.807, 2.05) is 25.1 Å². The molecule has 0 spiro atoms. The Hall–Kier alpha value is -2.24. The Morgan fingerprint density at radius 1 is 1.17 bits per heavy atom. The minimum atomic E-state index is -0.500. The number of nitrogens with zero attached hydrogens (tertiary/aromatic N) is 1. The number of hydrogen-bond donors (Lipinski definition) is 1. The van der Waals surface area contributed by atoms with Crippen LogP contribution < -0.4 is 14.8 Å². The lowest BCUT2D eigenvalue weighted by Gasteiger charge is -2.26. The number of amides is 2. The number of rotatable bonds is 7. The maximum absolute atomic E-state index is 12.5. The Balaban J connectivity index is 2.80. The molecule has 6 nitrogen and oxygen atoms in total. The summed E-state index contributed by atoms with van der Waals surface area (Å²) in [5.74, 6) is 0.789. The van der Waals surface area contributed by atoms with Crippen LogP contribution in [0.4, 0.5) is 0 Å². The molecule has 2 amide bonds. The highest BCUT2D eigenvalue weighted by molar-refractivity contribution is 5.87. The first-order chi connectivity index (χ1) is 10.8. The summed E-state index contributed by atoms with van der Waals surface area (Å²) >= 11 is 0. The molecular weight excluding hydrogens is 296 g/mol. The zero-order valence-electron chi connectivity index (χ0n) is 14.7. The van der Waals surface area contributed by atoms with E-state index in [0.29, 0.717) is 17.9 Å². The van der Waals surface area contributed by atoms with Gasteiger partial charge in [0.25, 0.3) is 0 Å². The average molecular weight is 322 g/mol. The Morgan fingerprint density at radius 2 is 1.78 bits per heavy atom. The molecule has 0 bridgehead atoms. The van der Waals surface area contributed by atoms with Crippen molar-refractivity contribution in [2.45, 2.75) is 26.3 Å². The van der Waals surface area contributed by atoms with E-state index in [9.17, 15) is 9.59 Å². The Morgan fingerprint density at radius 3 is 2.30 bits per heavy atom. The van der Waals surface area contributed by atoms with Crippen LogP contribution >= 0.6 is 0 Å². The van der Waals surface area contributed by atoms with Crippen LogP contribution in [0.1, 0.15) is 19.4 Å². The van der Waals surface area contributed by atoms with Gasteiger partial charge in [-0.05, 0) is 31.0 Å². The molecule has 1 aromatic carbocycles. The molecule has 0 aliphatic heterocycles. The Labute approximate surface area is 137 Å². The van der Waals surface area contributed by atoms with Crippen molar-refractivity contribution >= 4 is 11.8 Å². The van der Waals surface area contributed by atoms with Crippen molar-refractivity contribution in [1.82, 2.24) is 10.2 Å². The fourth-order valence-electron chi connectivity index (χ4n) is 2.37. The second kappa shape index (κ2) is 8.41. The third kappa shape index (κ3) is 4.61. The number of hydrogen-bond acceptors (Lipinski definition) is 4. The lowest BCUT2D eigenvalue weighted by atomic mass is 9.99. The number of carbonyl (C=O) groups excluding carboxylic acids is 2. The number of likely N-dealkylation sites (N-methyl/N-ethyl adjacent to an activating group) is 2. The number of nitrogens with one attached hydrogen (secondary N) is 1.